The minimum absolute atomic E-state index is 0.177. The van der Waals surface area contributed by atoms with Crippen LogP contribution in [0.4, 0.5) is 0 Å². The van der Waals surface area contributed by atoms with Crippen LogP contribution in [0.1, 0.15) is 26.7 Å². The van der Waals surface area contributed by atoms with E-state index in [4.69, 9.17) is 4.74 Å². The molecule has 3 heteroatoms. The van der Waals surface area contributed by atoms with Gasteiger partial charge in [0.15, 0.2) is 0 Å². The molecule has 3 nitrogen and oxygen atoms in total. The molecule has 1 aliphatic heterocycles. The Morgan fingerprint density at radius 2 is 2.17 bits per heavy atom. The fourth-order valence-electron chi connectivity index (χ4n) is 1.93. The number of likely N-dealkylation sites (N-methyl/N-ethyl adjacent to an activating group) is 1. The lowest BCUT2D eigenvalue weighted by atomic mass is 9.84. The van der Waals surface area contributed by atoms with Crippen LogP contribution in [0, 0.1) is 0 Å². The third kappa shape index (κ3) is 2.44. The molecule has 0 saturated carbocycles. The van der Waals surface area contributed by atoms with Gasteiger partial charge in [0.1, 0.15) is 0 Å². The Morgan fingerprint density at radius 1 is 1.50 bits per heavy atom. The Bertz CT molecular complexity index is 155. The number of rotatable bonds is 2. The number of hydrogen-bond donors (Lipinski definition) is 2. The molecule has 1 atom stereocenters. The van der Waals surface area contributed by atoms with E-state index in [-0.39, 0.29) is 5.60 Å². The lowest BCUT2D eigenvalue weighted by Gasteiger charge is -2.41. The highest BCUT2D eigenvalue weighted by Gasteiger charge is 2.38. The largest absolute Gasteiger partial charge is 0.388 e. The summed E-state index contributed by atoms with van der Waals surface area (Å²) < 4.78 is 5.52. The molecule has 0 spiro atoms. The van der Waals surface area contributed by atoms with Crippen molar-refractivity contribution in [1.82, 2.24) is 5.32 Å². The summed E-state index contributed by atoms with van der Waals surface area (Å²) in [4.78, 5) is 0. The van der Waals surface area contributed by atoms with E-state index in [0.717, 1.165) is 6.42 Å². The van der Waals surface area contributed by atoms with Crippen LogP contribution >= 0.6 is 0 Å². The summed E-state index contributed by atoms with van der Waals surface area (Å²) in [6.07, 6.45) is 1.44. The predicted octanol–water partition coefficient (Wildman–Crippen LogP) is 0.526. The van der Waals surface area contributed by atoms with Gasteiger partial charge in [-0.15, -0.1) is 0 Å². The van der Waals surface area contributed by atoms with Crippen LogP contribution in [0.2, 0.25) is 0 Å². The molecule has 1 unspecified atom stereocenters. The quantitative estimate of drug-likeness (QED) is 0.640. The molecule has 0 amide bonds. The van der Waals surface area contributed by atoms with Crippen LogP contribution in [0.15, 0.2) is 0 Å². The lowest BCUT2D eigenvalue weighted by Crippen LogP contribution is -2.50. The number of aliphatic hydroxyl groups is 1. The molecule has 1 heterocycles. The number of nitrogens with one attached hydrogen (secondary N) is 1. The fourth-order valence-corrected chi connectivity index (χ4v) is 1.93. The van der Waals surface area contributed by atoms with Gasteiger partial charge in [-0.2, -0.15) is 0 Å². The van der Waals surface area contributed by atoms with Crippen molar-refractivity contribution in [2.75, 3.05) is 20.2 Å². The van der Waals surface area contributed by atoms with Crippen LogP contribution in [-0.4, -0.2) is 36.5 Å². The summed E-state index contributed by atoms with van der Waals surface area (Å²) in [6.45, 7) is 5.35. The van der Waals surface area contributed by atoms with Crippen molar-refractivity contribution < 1.29 is 9.84 Å². The Kier molecular flexibility index (Phi) is 2.76. The van der Waals surface area contributed by atoms with Crippen molar-refractivity contribution in [3.63, 3.8) is 0 Å². The SMILES string of the molecule is CNCC1(O)CCOC(C)(C)C1. The standard InChI is InChI=1S/C9H19NO2/c1-8(2)6-9(11,7-10-3)4-5-12-8/h10-11H,4-7H2,1-3H3. The Labute approximate surface area is 74.1 Å². The maximum atomic E-state index is 10.1. The van der Waals surface area contributed by atoms with Crippen LogP contribution < -0.4 is 5.32 Å². The zero-order chi connectivity index (χ0) is 9.24. The molecule has 72 valence electrons. The summed E-state index contributed by atoms with van der Waals surface area (Å²) in [5.41, 5.74) is -0.750. The van der Waals surface area contributed by atoms with Gasteiger partial charge in [-0.05, 0) is 20.9 Å². The van der Waals surface area contributed by atoms with Gasteiger partial charge in [-0.25, -0.2) is 0 Å². The first-order valence-electron chi connectivity index (χ1n) is 4.48. The topological polar surface area (TPSA) is 41.5 Å². The highest BCUT2D eigenvalue weighted by Crippen LogP contribution is 2.31. The Balaban J connectivity index is 2.55. The summed E-state index contributed by atoms with van der Waals surface area (Å²) in [5, 5.41) is 13.1. The van der Waals surface area contributed by atoms with Crippen molar-refractivity contribution in [1.29, 1.82) is 0 Å². The first-order valence-corrected chi connectivity index (χ1v) is 4.48. The molecule has 1 rings (SSSR count). The van der Waals surface area contributed by atoms with Crippen molar-refractivity contribution in [3.8, 4) is 0 Å². The second-order valence-corrected chi connectivity index (χ2v) is 4.29. The molecule has 12 heavy (non-hydrogen) atoms. The zero-order valence-corrected chi connectivity index (χ0v) is 8.18. The summed E-state index contributed by atoms with van der Waals surface area (Å²) in [5.74, 6) is 0. The second-order valence-electron chi connectivity index (χ2n) is 4.29. The van der Waals surface area contributed by atoms with Gasteiger partial charge in [-0.3, -0.25) is 0 Å². The maximum absolute atomic E-state index is 10.1. The highest BCUT2D eigenvalue weighted by molar-refractivity contribution is 4.91. The normalized spacial score (nSPS) is 35.0. The van der Waals surface area contributed by atoms with E-state index in [1.807, 2.05) is 20.9 Å². The molecule has 0 bridgehead atoms. The van der Waals surface area contributed by atoms with Gasteiger partial charge in [-0.1, -0.05) is 0 Å². The summed E-state index contributed by atoms with van der Waals surface area (Å²) in [6, 6.07) is 0. The minimum Gasteiger partial charge on any atom is -0.388 e. The Morgan fingerprint density at radius 3 is 2.67 bits per heavy atom. The molecule has 0 aromatic heterocycles. The van der Waals surface area contributed by atoms with E-state index < -0.39 is 5.60 Å². The molecule has 0 aromatic carbocycles. The van der Waals surface area contributed by atoms with E-state index >= 15 is 0 Å². The van der Waals surface area contributed by atoms with Gasteiger partial charge in [0.05, 0.1) is 17.8 Å². The van der Waals surface area contributed by atoms with E-state index in [2.05, 4.69) is 5.32 Å². The maximum Gasteiger partial charge on any atom is 0.0820 e. The smallest absolute Gasteiger partial charge is 0.0820 e. The van der Waals surface area contributed by atoms with Crippen molar-refractivity contribution in [2.24, 2.45) is 0 Å². The predicted molar refractivity (Wildman–Crippen MR) is 48.1 cm³/mol. The van der Waals surface area contributed by atoms with Crippen LogP contribution in [0.5, 0.6) is 0 Å². The highest BCUT2D eigenvalue weighted by atomic mass is 16.5. The second kappa shape index (κ2) is 3.32. The summed E-state index contributed by atoms with van der Waals surface area (Å²) in [7, 11) is 1.86. The molecule has 0 aromatic rings. The number of ether oxygens (including phenoxy) is 1. The third-order valence-electron chi connectivity index (χ3n) is 2.32. The molecule has 0 radical (unpaired) electrons. The molecule has 1 saturated heterocycles. The van der Waals surface area contributed by atoms with Crippen LogP contribution in [0.3, 0.4) is 0 Å². The van der Waals surface area contributed by atoms with Gasteiger partial charge in [0.25, 0.3) is 0 Å². The van der Waals surface area contributed by atoms with E-state index in [1.165, 1.54) is 0 Å². The van der Waals surface area contributed by atoms with E-state index in [1.54, 1.807) is 0 Å². The third-order valence-corrected chi connectivity index (χ3v) is 2.32. The van der Waals surface area contributed by atoms with Crippen LogP contribution in [-0.2, 0) is 4.74 Å². The van der Waals surface area contributed by atoms with Crippen LogP contribution in [0.25, 0.3) is 0 Å². The summed E-state index contributed by atoms with van der Waals surface area (Å²) >= 11 is 0. The molecule has 1 fully saturated rings. The van der Waals surface area contributed by atoms with E-state index in [0.29, 0.717) is 19.6 Å². The average Bonchev–Trinajstić information content (AvgIpc) is 1.83. The van der Waals surface area contributed by atoms with Crippen molar-refractivity contribution in [2.45, 2.75) is 37.9 Å². The average molecular weight is 173 g/mol. The first kappa shape index (κ1) is 9.96. The van der Waals surface area contributed by atoms with Gasteiger partial charge >= 0.3 is 0 Å². The number of hydrogen-bond acceptors (Lipinski definition) is 3. The zero-order valence-electron chi connectivity index (χ0n) is 8.18. The Hall–Kier alpha value is -0.120. The van der Waals surface area contributed by atoms with Gasteiger partial charge in [0.2, 0.25) is 0 Å². The minimum atomic E-state index is -0.573. The van der Waals surface area contributed by atoms with Gasteiger partial charge < -0.3 is 15.2 Å². The molecular formula is C9H19NO2. The monoisotopic (exact) mass is 173 g/mol. The molecule has 1 aliphatic rings. The fraction of sp³-hybridized carbons (Fsp3) is 1.00. The van der Waals surface area contributed by atoms with Crippen molar-refractivity contribution in [3.05, 3.63) is 0 Å². The molecule has 2 N–H and O–H groups in total. The molecule has 0 aliphatic carbocycles. The first-order chi connectivity index (χ1) is 5.47. The van der Waals surface area contributed by atoms with E-state index in [9.17, 15) is 5.11 Å². The lowest BCUT2D eigenvalue weighted by molar-refractivity contribution is -0.141. The molecular weight excluding hydrogens is 154 g/mol. The van der Waals surface area contributed by atoms with Crippen molar-refractivity contribution >= 4 is 0 Å². The van der Waals surface area contributed by atoms with Gasteiger partial charge in [0, 0.05) is 19.4 Å².